The molecular weight excluding hydrogens is 628 g/mol. The minimum Gasteiger partial charge on any atom is -0.380 e. The maximum absolute atomic E-state index is 12.1. The number of carbonyl (C=O) groups is 1. The van der Waals surface area contributed by atoms with Gasteiger partial charge in [0.25, 0.3) is 0 Å². The summed E-state index contributed by atoms with van der Waals surface area (Å²) < 4.78 is 39.3. The van der Waals surface area contributed by atoms with Crippen molar-refractivity contribution in [3.8, 4) is 0 Å². The molecule has 1 saturated heterocycles. The van der Waals surface area contributed by atoms with Gasteiger partial charge in [0.05, 0.1) is 39.6 Å². The van der Waals surface area contributed by atoms with Crippen LogP contribution in [0.3, 0.4) is 0 Å². The molecule has 258 valence electrons. The first-order valence-electron chi connectivity index (χ1n) is 17.0. The van der Waals surface area contributed by atoms with Crippen LogP contribution in [0.5, 0.6) is 0 Å². The Morgan fingerprint density at radius 2 is 1.02 bits per heavy atom. The molecule has 0 bridgehead atoms. The number of ether oxygens (including phenoxy) is 6. The zero-order valence-electron chi connectivity index (χ0n) is 28.3. The highest BCUT2D eigenvalue weighted by Gasteiger charge is 2.49. The zero-order chi connectivity index (χ0) is 34.4. The molecular formula is C43H44O7. The standard InChI is InChI=1S/C43H44O7/c1-45-26-37-22-36(25-44)23-38(24-37)40-42(48-29-34-18-10-4-11-19-34)43(49-30-35-20-12-5-13-21-35)41(47-28-33-16-8-3-9-17-33)39(50-40)31-46-27-32-14-6-2-7-15-32/h2-25,39-43H,26-31H2,1H3. The van der Waals surface area contributed by atoms with Crippen LogP contribution in [-0.2, 0) is 61.5 Å². The quantitative estimate of drug-likeness (QED) is 0.0926. The Kier molecular flexibility index (Phi) is 13.1. The van der Waals surface area contributed by atoms with Crippen molar-refractivity contribution < 1.29 is 33.2 Å². The summed E-state index contributed by atoms with van der Waals surface area (Å²) in [6, 6.07) is 45.9. The number of benzene rings is 5. The number of methoxy groups -OCH3 is 1. The van der Waals surface area contributed by atoms with E-state index in [0.717, 1.165) is 39.7 Å². The van der Waals surface area contributed by atoms with Crippen LogP contribution < -0.4 is 0 Å². The normalized spacial score (nSPS) is 20.4. The second-order valence-corrected chi connectivity index (χ2v) is 12.4. The average molecular weight is 673 g/mol. The second-order valence-electron chi connectivity index (χ2n) is 12.4. The van der Waals surface area contributed by atoms with Crippen LogP contribution in [0.15, 0.2) is 140 Å². The maximum Gasteiger partial charge on any atom is 0.150 e. The number of rotatable bonds is 17. The Bertz CT molecular complexity index is 1720. The zero-order valence-corrected chi connectivity index (χ0v) is 28.3. The largest absolute Gasteiger partial charge is 0.380 e. The molecule has 0 N–H and O–H groups in total. The van der Waals surface area contributed by atoms with Crippen LogP contribution >= 0.6 is 0 Å². The molecule has 5 atom stereocenters. The summed E-state index contributed by atoms with van der Waals surface area (Å²) in [5.74, 6) is 0. The van der Waals surface area contributed by atoms with Crippen LogP contribution in [-0.4, -0.2) is 44.4 Å². The predicted molar refractivity (Wildman–Crippen MR) is 191 cm³/mol. The van der Waals surface area contributed by atoms with Crippen molar-refractivity contribution in [1.82, 2.24) is 0 Å². The molecule has 0 aliphatic carbocycles. The van der Waals surface area contributed by atoms with Gasteiger partial charge < -0.3 is 28.4 Å². The van der Waals surface area contributed by atoms with Crippen molar-refractivity contribution in [2.24, 2.45) is 0 Å². The SMILES string of the molecule is COCc1cc(C=O)cc(C2OC(COCc3ccccc3)C(OCc3ccccc3)C(OCc3ccccc3)C2OCc2ccccc2)c1. The van der Waals surface area contributed by atoms with E-state index in [-0.39, 0.29) is 6.61 Å². The summed E-state index contributed by atoms with van der Waals surface area (Å²) in [4.78, 5) is 12.1. The lowest BCUT2D eigenvalue weighted by Crippen LogP contribution is -2.58. The summed E-state index contributed by atoms with van der Waals surface area (Å²) in [6.45, 7) is 2.03. The van der Waals surface area contributed by atoms with Gasteiger partial charge in [0, 0.05) is 12.7 Å². The third kappa shape index (κ3) is 9.82. The van der Waals surface area contributed by atoms with Gasteiger partial charge in [-0.1, -0.05) is 127 Å². The molecule has 7 heteroatoms. The third-order valence-corrected chi connectivity index (χ3v) is 8.70. The van der Waals surface area contributed by atoms with Crippen LogP contribution in [0.2, 0.25) is 0 Å². The first-order valence-corrected chi connectivity index (χ1v) is 17.0. The lowest BCUT2D eigenvalue weighted by molar-refractivity contribution is -0.275. The van der Waals surface area contributed by atoms with Crippen molar-refractivity contribution in [2.45, 2.75) is 63.6 Å². The van der Waals surface area contributed by atoms with Gasteiger partial charge in [-0.05, 0) is 45.5 Å². The van der Waals surface area contributed by atoms with Gasteiger partial charge in [0.1, 0.15) is 36.8 Å². The number of hydrogen-bond donors (Lipinski definition) is 0. The smallest absolute Gasteiger partial charge is 0.150 e. The fourth-order valence-electron chi connectivity index (χ4n) is 6.29. The maximum atomic E-state index is 12.1. The van der Waals surface area contributed by atoms with E-state index in [1.807, 2.05) is 140 Å². The molecule has 5 aromatic rings. The van der Waals surface area contributed by atoms with Gasteiger partial charge in [0.2, 0.25) is 0 Å². The number of hydrogen-bond acceptors (Lipinski definition) is 7. The molecule has 0 amide bonds. The molecule has 50 heavy (non-hydrogen) atoms. The van der Waals surface area contributed by atoms with E-state index >= 15 is 0 Å². The first-order chi connectivity index (χ1) is 24.7. The van der Waals surface area contributed by atoms with E-state index in [1.165, 1.54) is 0 Å². The van der Waals surface area contributed by atoms with E-state index in [1.54, 1.807) is 7.11 Å². The summed E-state index contributed by atoms with van der Waals surface area (Å²) >= 11 is 0. The Morgan fingerprint density at radius 3 is 1.52 bits per heavy atom. The number of aldehydes is 1. The van der Waals surface area contributed by atoms with E-state index in [9.17, 15) is 4.79 Å². The highest BCUT2D eigenvalue weighted by molar-refractivity contribution is 5.75. The van der Waals surface area contributed by atoms with Gasteiger partial charge in [-0.15, -0.1) is 0 Å². The molecule has 0 radical (unpaired) electrons. The Hall–Kier alpha value is -4.47. The van der Waals surface area contributed by atoms with Crippen LogP contribution in [0.25, 0.3) is 0 Å². The molecule has 0 saturated carbocycles. The molecule has 1 heterocycles. The van der Waals surface area contributed by atoms with Gasteiger partial charge >= 0.3 is 0 Å². The highest BCUT2D eigenvalue weighted by atomic mass is 16.6. The molecule has 1 aliphatic rings. The van der Waals surface area contributed by atoms with E-state index in [2.05, 4.69) is 0 Å². The van der Waals surface area contributed by atoms with E-state index in [0.29, 0.717) is 38.6 Å². The minimum absolute atomic E-state index is 0.250. The molecule has 6 rings (SSSR count). The van der Waals surface area contributed by atoms with Crippen molar-refractivity contribution in [3.63, 3.8) is 0 Å². The topological polar surface area (TPSA) is 72.5 Å². The second kappa shape index (κ2) is 18.5. The summed E-state index contributed by atoms with van der Waals surface area (Å²) in [5, 5.41) is 0. The lowest BCUT2D eigenvalue weighted by Gasteiger charge is -2.46. The van der Waals surface area contributed by atoms with Crippen molar-refractivity contribution in [3.05, 3.63) is 178 Å². The molecule has 5 unspecified atom stereocenters. The van der Waals surface area contributed by atoms with Crippen LogP contribution in [0, 0.1) is 0 Å². The monoisotopic (exact) mass is 672 g/mol. The third-order valence-electron chi connectivity index (χ3n) is 8.70. The fourth-order valence-corrected chi connectivity index (χ4v) is 6.29. The summed E-state index contributed by atoms with van der Waals surface area (Å²) in [5.41, 5.74) is 6.32. The Labute approximate surface area is 294 Å². The van der Waals surface area contributed by atoms with Gasteiger partial charge in [-0.3, -0.25) is 4.79 Å². The molecule has 7 nitrogen and oxygen atoms in total. The van der Waals surface area contributed by atoms with Gasteiger partial charge in [0.15, 0.2) is 0 Å². The van der Waals surface area contributed by atoms with E-state index in [4.69, 9.17) is 28.4 Å². The fraction of sp³-hybridized carbons (Fsp3) is 0.279. The average Bonchev–Trinajstić information content (AvgIpc) is 3.17. The molecule has 1 aliphatic heterocycles. The molecule has 1 fully saturated rings. The number of carbonyl (C=O) groups excluding carboxylic acids is 1. The Morgan fingerprint density at radius 1 is 0.540 bits per heavy atom. The van der Waals surface area contributed by atoms with Crippen LogP contribution in [0.1, 0.15) is 49.8 Å². The summed E-state index contributed by atoms with van der Waals surface area (Å²) in [6.07, 6.45) is -2.03. The lowest BCUT2D eigenvalue weighted by atomic mass is 9.89. The summed E-state index contributed by atoms with van der Waals surface area (Å²) in [7, 11) is 1.64. The van der Waals surface area contributed by atoms with Gasteiger partial charge in [-0.2, -0.15) is 0 Å². The van der Waals surface area contributed by atoms with Crippen LogP contribution in [0.4, 0.5) is 0 Å². The Balaban J connectivity index is 1.39. The highest BCUT2D eigenvalue weighted by Crippen LogP contribution is 2.39. The van der Waals surface area contributed by atoms with Crippen molar-refractivity contribution >= 4 is 6.29 Å². The van der Waals surface area contributed by atoms with Gasteiger partial charge in [-0.25, -0.2) is 0 Å². The van der Waals surface area contributed by atoms with E-state index < -0.39 is 30.5 Å². The molecule has 0 aromatic heterocycles. The molecule has 5 aromatic carbocycles. The van der Waals surface area contributed by atoms with Crippen molar-refractivity contribution in [2.75, 3.05) is 13.7 Å². The molecule has 0 spiro atoms. The first kappa shape index (κ1) is 35.4. The predicted octanol–water partition coefficient (Wildman–Crippen LogP) is 8.06. The minimum atomic E-state index is -0.614. The van der Waals surface area contributed by atoms with Crippen molar-refractivity contribution in [1.29, 1.82) is 0 Å².